The van der Waals surface area contributed by atoms with E-state index in [1.807, 2.05) is 43.3 Å². The fraction of sp³-hybridized carbons (Fsp3) is 0.217. The zero-order valence-corrected chi connectivity index (χ0v) is 17.1. The molecule has 1 aromatic heterocycles. The first-order valence-corrected chi connectivity index (χ1v) is 9.69. The summed E-state index contributed by atoms with van der Waals surface area (Å²) in [5.41, 5.74) is 2.04. The molecule has 2 N–H and O–H groups in total. The van der Waals surface area contributed by atoms with E-state index in [2.05, 4.69) is 20.6 Å². The van der Waals surface area contributed by atoms with Gasteiger partial charge in [0.25, 0.3) is 0 Å². The minimum Gasteiger partial charge on any atom is -0.497 e. The number of pyridine rings is 1. The SMILES string of the molecule is CCNC(=NCc1cccc(OC)c1)NCc1ccnc(Oc2ccc(F)cc2)c1. The van der Waals surface area contributed by atoms with Crippen molar-refractivity contribution < 1.29 is 13.9 Å². The van der Waals surface area contributed by atoms with Crippen LogP contribution in [0.5, 0.6) is 17.4 Å². The molecule has 0 amide bonds. The summed E-state index contributed by atoms with van der Waals surface area (Å²) in [6.45, 7) is 3.84. The molecule has 0 aliphatic heterocycles. The number of nitrogens with one attached hydrogen (secondary N) is 2. The minimum absolute atomic E-state index is 0.308. The van der Waals surface area contributed by atoms with Crippen molar-refractivity contribution in [1.82, 2.24) is 15.6 Å². The Morgan fingerprint density at radius 3 is 2.60 bits per heavy atom. The summed E-state index contributed by atoms with van der Waals surface area (Å²) >= 11 is 0. The van der Waals surface area contributed by atoms with E-state index in [4.69, 9.17) is 9.47 Å². The average molecular weight is 408 g/mol. The van der Waals surface area contributed by atoms with Crippen molar-refractivity contribution in [3.05, 3.63) is 83.8 Å². The lowest BCUT2D eigenvalue weighted by atomic mass is 10.2. The number of halogens is 1. The van der Waals surface area contributed by atoms with Crippen LogP contribution in [-0.4, -0.2) is 24.6 Å². The maximum absolute atomic E-state index is 13.0. The Morgan fingerprint density at radius 2 is 1.83 bits per heavy atom. The number of hydrogen-bond donors (Lipinski definition) is 2. The van der Waals surface area contributed by atoms with Gasteiger partial charge >= 0.3 is 0 Å². The molecule has 30 heavy (non-hydrogen) atoms. The fourth-order valence-corrected chi connectivity index (χ4v) is 2.71. The largest absolute Gasteiger partial charge is 0.497 e. The van der Waals surface area contributed by atoms with Crippen molar-refractivity contribution in [1.29, 1.82) is 0 Å². The first kappa shape index (κ1) is 21.1. The van der Waals surface area contributed by atoms with Gasteiger partial charge in [0, 0.05) is 25.4 Å². The molecule has 7 heteroatoms. The molecule has 3 rings (SSSR count). The van der Waals surface area contributed by atoms with Gasteiger partial charge in [-0.2, -0.15) is 0 Å². The number of aliphatic imine (C=N–C) groups is 1. The van der Waals surface area contributed by atoms with Crippen molar-refractivity contribution in [3.8, 4) is 17.4 Å². The van der Waals surface area contributed by atoms with Gasteiger partial charge in [0.15, 0.2) is 5.96 Å². The maximum atomic E-state index is 13.0. The fourth-order valence-electron chi connectivity index (χ4n) is 2.71. The van der Waals surface area contributed by atoms with E-state index in [0.29, 0.717) is 30.7 Å². The summed E-state index contributed by atoms with van der Waals surface area (Å²) in [5.74, 6) is 2.18. The number of hydrogen-bond acceptors (Lipinski definition) is 4. The number of ether oxygens (including phenoxy) is 2. The van der Waals surface area contributed by atoms with Crippen molar-refractivity contribution in [2.24, 2.45) is 4.99 Å². The number of nitrogens with zero attached hydrogens (tertiary/aromatic N) is 2. The van der Waals surface area contributed by atoms with E-state index in [1.54, 1.807) is 25.4 Å². The Bertz CT molecular complexity index is 977. The predicted molar refractivity (Wildman–Crippen MR) is 115 cm³/mol. The topological polar surface area (TPSA) is 67.8 Å². The van der Waals surface area contributed by atoms with Gasteiger partial charge in [-0.15, -0.1) is 0 Å². The first-order chi connectivity index (χ1) is 14.7. The molecule has 3 aromatic rings. The molecule has 0 aliphatic carbocycles. The molecule has 0 spiro atoms. The Balaban J connectivity index is 1.61. The van der Waals surface area contributed by atoms with Crippen LogP contribution in [0.3, 0.4) is 0 Å². The van der Waals surface area contributed by atoms with Crippen LogP contribution in [0.25, 0.3) is 0 Å². The molecule has 0 saturated heterocycles. The Morgan fingerprint density at radius 1 is 1.00 bits per heavy atom. The lowest BCUT2D eigenvalue weighted by molar-refractivity contribution is 0.414. The average Bonchev–Trinajstić information content (AvgIpc) is 2.78. The first-order valence-electron chi connectivity index (χ1n) is 9.69. The standard InChI is InChI=1S/C23H25FN4O2/c1-3-25-23(27-15-17-5-4-6-21(13-17)29-2)28-16-18-11-12-26-22(14-18)30-20-9-7-19(24)8-10-20/h4-14H,3,15-16H2,1-2H3,(H2,25,27,28). The highest BCUT2D eigenvalue weighted by atomic mass is 19.1. The summed E-state index contributed by atoms with van der Waals surface area (Å²) in [7, 11) is 1.65. The van der Waals surface area contributed by atoms with Crippen molar-refractivity contribution >= 4 is 5.96 Å². The van der Waals surface area contributed by atoms with E-state index in [9.17, 15) is 4.39 Å². The number of methoxy groups -OCH3 is 1. The number of guanidine groups is 1. The number of aromatic nitrogens is 1. The normalized spacial score (nSPS) is 11.1. The van der Waals surface area contributed by atoms with E-state index in [-0.39, 0.29) is 5.82 Å². The van der Waals surface area contributed by atoms with Crippen LogP contribution >= 0.6 is 0 Å². The van der Waals surface area contributed by atoms with Crippen molar-refractivity contribution in [2.75, 3.05) is 13.7 Å². The zero-order valence-electron chi connectivity index (χ0n) is 17.1. The highest BCUT2D eigenvalue weighted by Gasteiger charge is 2.03. The Kier molecular flexibility index (Phi) is 7.60. The summed E-state index contributed by atoms with van der Waals surface area (Å²) < 4.78 is 24.0. The van der Waals surface area contributed by atoms with E-state index < -0.39 is 0 Å². The van der Waals surface area contributed by atoms with Gasteiger partial charge in [0.05, 0.1) is 13.7 Å². The minimum atomic E-state index is -0.308. The zero-order chi connectivity index (χ0) is 21.2. The van der Waals surface area contributed by atoms with Gasteiger partial charge in [0.1, 0.15) is 17.3 Å². The van der Waals surface area contributed by atoms with Gasteiger partial charge in [-0.05, 0) is 60.5 Å². The Hall–Kier alpha value is -3.61. The molecule has 0 bridgehead atoms. The van der Waals surface area contributed by atoms with Crippen LogP contribution in [0.15, 0.2) is 71.9 Å². The maximum Gasteiger partial charge on any atom is 0.219 e. The van der Waals surface area contributed by atoms with Crippen molar-refractivity contribution in [3.63, 3.8) is 0 Å². The molecule has 0 saturated carbocycles. The van der Waals surface area contributed by atoms with E-state index in [0.717, 1.165) is 23.4 Å². The smallest absolute Gasteiger partial charge is 0.219 e. The van der Waals surface area contributed by atoms with Crippen LogP contribution in [0, 0.1) is 5.82 Å². The molecular formula is C23H25FN4O2. The summed E-state index contributed by atoms with van der Waals surface area (Å²) in [4.78, 5) is 8.84. The highest BCUT2D eigenvalue weighted by Crippen LogP contribution is 2.20. The summed E-state index contributed by atoms with van der Waals surface area (Å²) in [6, 6.07) is 17.4. The molecule has 156 valence electrons. The summed E-state index contributed by atoms with van der Waals surface area (Å²) in [5, 5.41) is 6.55. The molecule has 0 fully saturated rings. The molecule has 0 radical (unpaired) electrons. The van der Waals surface area contributed by atoms with Crippen LogP contribution in [-0.2, 0) is 13.1 Å². The van der Waals surface area contributed by atoms with E-state index >= 15 is 0 Å². The molecule has 1 heterocycles. The second-order valence-corrected chi connectivity index (χ2v) is 6.46. The Labute approximate surface area is 175 Å². The molecule has 0 aliphatic rings. The second kappa shape index (κ2) is 10.8. The molecule has 0 atom stereocenters. The third-order valence-corrected chi connectivity index (χ3v) is 4.19. The molecule has 2 aromatic carbocycles. The molecule has 0 unspecified atom stereocenters. The quantitative estimate of drug-likeness (QED) is 0.430. The van der Waals surface area contributed by atoms with Crippen LogP contribution in [0.1, 0.15) is 18.1 Å². The monoisotopic (exact) mass is 408 g/mol. The van der Waals surface area contributed by atoms with Gasteiger partial charge in [-0.25, -0.2) is 14.4 Å². The van der Waals surface area contributed by atoms with Crippen molar-refractivity contribution in [2.45, 2.75) is 20.0 Å². The lowest BCUT2D eigenvalue weighted by Crippen LogP contribution is -2.36. The summed E-state index contributed by atoms with van der Waals surface area (Å²) in [6.07, 6.45) is 1.68. The second-order valence-electron chi connectivity index (χ2n) is 6.46. The van der Waals surface area contributed by atoms with E-state index in [1.165, 1.54) is 12.1 Å². The number of benzene rings is 2. The number of rotatable bonds is 8. The molecule has 6 nitrogen and oxygen atoms in total. The van der Waals surface area contributed by atoms with Gasteiger partial charge in [-0.1, -0.05) is 12.1 Å². The third kappa shape index (κ3) is 6.48. The van der Waals surface area contributed by atoms with Gasteiger partial charge < -0.3 is 20.1 Å². The third-order valence-electron chi connectivity index (χ3n) is 4.19. The van der Waals surface area contributed by atoms with Crippen LogP contribution < -0.4 is 20.1 Å². The van der Waals surface area contributed by atoms with Crippen LogP contribution in [0.4, 0.5) is 4.39 Å². The lowest BCUT2D eigenvalue weighted by Gasteiger charge is -2.12. The molecular weight excluding hydrogens is 383 g/mol. The predicted octanol–water partition coefficient (Wildman–Crippen LogP) is 4.28. The van der Waals surface area contributed by atoms with Crippen LogP contribution in [0.2, 0.25) is 0 Å². The van der Waals surface area contributed by atoms with Gasteiger partial charge in [0.2, 0.25) is 5.88 Å². The highest BCUT2D eigenvalue weighted by molar-refractivity contribution is 5.79. The van der Waals surface area contributed by atoms with Gasteiger partial charge in [-0.3, -0.25) is 0 Å².